The third kappa shape index (κ3) is 4.73. The lowest BCUT2D eigenvalue weighted by molar-refractivity contribution is 0.133. The number of aryl methyl sites for hydroxylation is 1. The summed E-state index contributed by atoms with van der Waals surface area (Å²) < 4.78 is 0. The first kappa shape index (κ1) is 19.5. The van der Waals surface area contributed by atoms with Gasteiger partial charge in [0, 0.05) is 44.8 Å². The van der Waals surface area contributed by atoms with Gasteiger partial charge in [0.05, 0.1) is 0 Å². The zero-order chi connectivity index (χ0) is 19.4. The van der Waals surface area contributed by atoms with Crippen molar-refractivity contribution in [2.45, 2.75) is 58.7 Å². The summed E-state index contributed by atoms with van der Waals surface area (Å²) in [4.78, 5) is 31.0. The number of rotatable bonds is 5. The van der Waals surface area contributed by atoms with E-state index in [2.05, 4.69) is 37.4 Å². The largest absolute Gasteiger partial charge is 0.336 e. The van der Waals surface area contributed by atoms with Gasteiger partial charge in [0.1, 0.15) is 0 Å². The molecule has 27 heavy (non-hydrogen) atoms. The van der Waals surface area contributed by atoms with Crippen molar-refractivity contribution in [1.82, 2.24) is 20.0 Å². The summed E-state index contributed by atoms with van der Waals surface area (Å²) in [5.41, 5.74) is 2.40. The summed E-state index contributed by atoms with van der Waals surface area (Å²) in [6.07, 6.45) is 2.65. The number of hydrogen-bond donors (Lipinski definition) is 1. The third-order valence-corrected chi connectivity index (χ3v) is 5.76. The topological polar surface area (TPSA) is 55.9 Å². The van der Waals surface area contributed by atoms with Crippen LogP contribution in [0.4, 0.5) is 9.59 Å². The molecule has 2 aliphatic heterocycles. The van der Waals surface area contributed by atoms with Crippen LogP contribution in [0, 0.1) is 6.92 Å². The summed E-state index contributed by atoms with van der Waals surface area (Å²) in [7, 11) is 0. The first-order valence-corrected chi connectivity index (χ1v) is 10.1. The second-order valence-electron chi connectivity index (χ2n) is 7.86. The van der Waals surface area contributed by atoms with E-state index >= 15 is 0 Å². The number of nitrogens with zero attached hydrogens (tertiary/aromatic N) is 3. The van der Waals surface area contributed by atoms with Crippen LogP contribution in [0.2, 0.25) is 0 Å². The SMILES string of the molecule is CC[C@@H](C)NC(=O)N1CCC(N2CCN(Cc3cccc(C)c3)C2=O)CC1. The molecule has 0 aliphatic carbocycles. The monoisotopic (exact) mass is 372 g/mol. The van der Waals surface area contributed by atoms with E-state index in [1.54, 1.807) is 0 Å². The number of nitrogens with one attached hydrogen (secondary N) is 1. The highest BCUT2D eigenvalue weighted by Gasteiger charge is 2.36. The molecule has 0 spiro atoms. The van der Waals surface area contributed by atoms with Gasteiger partial charge in [-0.15, -0.1) is 0 Å². The molecule has 1 atom stereocenters. The van der Waals surface area contributed by atoms with Gasteiger partial charge in [0.15, 0.2) is 0 Å². The van der Waals surface area contributed by atoms with Crippen LogP contribution in [0.5, 0.6) is 0 Å². The molecule has 0 aromatic heterocycles. The molecule has 1 N–H and O–H groups in total. The Labute approximate surface area is 162 Å². The van der Waals surface area contributed by atoms with E-state index in [0.29, 0.717) is 19.6 Å². The molecular weight excluding hydrogens is 340 g/mol. The van der Waals surface area contributed by atoms with Gasteiger partial charge in [-0.05, 0) is 38.7 Å². The number of benzene rings is 1. The normalized spacial score (nSPS) is 19.5. The van der Waals surface area contributed by atoms with Gasteiger partial charge in [0.2, 0.25) is 0 Å². The number of hydrogen-bond acceptors (Lipinski definition) is 2. The molecule has 6 heteroatoms. The molecule has 6 nitrogen and oxygen atoms in total. The molecule has 3 rings (SSSR count). The fourth-order valence-electron chi connectivity index (χ4n) is 3.90. The van der Waals surface area contributed by atoms with Gasteiger partial charge in [-0.3, -0.25) is 0 Å². The highest BCUT2D eigenvalue weighted by Crippen LogP contribution is 2.23. The van der Waals surface area contributed by atoms with Crippen LogP contribution in [0.25, 0.3) is 0 Å². The maximum atomic E-state index is 12.9. The van der Waals surface area contributed by atoms with E-state index in [9.17, 15) is 9.59 Å². The van der Waals surface area contributed by atoms with E-state index in [1.165, 1.54) is 11.1 Å². The minimum Gasteiger partial charge on any atom is -0.336 e. The molecular formula is C21H32N4O2. The smallest absolute Gasteiger partial charge is 0.320 e. The summed E-state index contributed by atoms with van der Waals surface area (Å²) >= 11 is 0. The molecule has 1 aromatic rings. The summed E-state index contributed by atoms with van der Waals surface area (Å²) in [5, 5.41) is 3.03. The average molecular weight is 373 g/mol. The first-order valence-electron chi connectivity index (χ1n) is 10.1. The second-order valence-corrected chi connectivity index (χ2v) is 7.86. The lowest BCUT2D eigenvalue weighted by Gasteiger charge is -2.36. The fraction of sp³-hybridized carbons (Fsp3) is 0.619. The standard InChI is InChI=1S/C21H32N4O2/c1-4-17(3)22-20(26)23-10-8-19(9-11-23)25-13-12-24(21(25)27)15-18-7-5-6-16(2)14-18/h5-7,14,17,19H,4,8-13,15H2,1-3H3,(H,22,26)/t17-/m1/s1. The second kappa shape index (κ2) is 8.63. The van der Waals surface area contributed by atoms with Crippen molar-refractivity contribution in [3.05, 3.63) is 35.4 Å². The highest BCUT2D eigenvalue weighted by molar-refractivity contribution is 5.77. The van der Waals surface area contributed by atoms with Crippen molar-refractivity contribution in [3.63, 3.8) is 0 Å². The van der Waals surface area contributed by atoms with E-state index in [1.807, 2.05) is 27.7 Å². The summed E-state index contributed by atoms with van der Waals surface area (Å²) in [5.74, 6) is 0. The van der Waals surface area contributed by atoms with Crippen LogP contribution in [0.3, 0.4) is 0 Å². The Kier molecular flexibility index (Phi) is 6.24. The maximum Gasteiger partial charge on any atom is 0.320 e. The third-order valence-electron chi connectivity index (χ3n) is 5.76. The predicted molar refractivity (Wildman–Crippen MR) is 107 cm³/mol. The Bertz CT molecular complexity index is 670. The number of amides is 4. The van der Waals surface area contributed by atoms with Crippen molar-refractivity contribution in [3.8, 4) is 0 Å². The van der Waals surface area contributed by atoms with E-state index in [-0.39, 0.29) is 24.1 Å². The Balaban J connectivity index is 1.50. The molecule has 4 amide bonds. The van der Waals surface area contributed by atoms with Crippen molar-refractivity contribution >= 4 is 12.1 Å². The van der Waals surface area contributed by atoms with Gasteiger partial charge in [-0.25, -0.2) is 9.59 Å². The van der Waals surface area contributed by atoms with E-state index < -0.39 is 0 Å². The minimum absolute atomic E-state index is 0.0247. The molecule has 0 unspecified atom stereocenters. The van der Waals surface area contributed by atoms with E-state index in [0.717, 1.165) is 32.4 Å². The molecule has 148 valence electrons. The molecule has 2 fully saturated rings. The quantitative estimate of drug-likeness (QED) is 0.863. The molecule has 0 saturated carbocycles. The van der Waals surface area contributed by atoms with Gasteiger partial charge in [0.25, 0.3) is 0 Å². The zero-order valence-electron chi connectivity index (χ0n) is 16.8. The summed E-state index contributed by atoms with van der Waals surface area (Å²) in [6, 6.07) is 8.95. The van der Waals surface area contributed by atoms with Gasteiger partial charge < -0.3 is 20.0 Å². The molecule has 2 saturated heterocycles. The number of urea groups is 2. The average Bonchev–Trinajstić information content (AvgIpc) is 3.02. The van der Waals surface area contributed by atoms with Crippen LogP contribution >= 0.6 is 0 Å². The zero-order valence-corrected chi connectivity index (χ0v) is 16.8. The van der Waals surface area contributed by atoms with Crippen LogP contribution in [0.15, 0.2) is 24.3 Å². The lowest BCUT2D eigenvalue weighted by atomic mass is 10.0. The number of piperidine rings is 1. The molecule has 0 radical (unpaired) electrons. The van der Waals surface area contributed by atoms with Gasteiger partial charge >= 0.3 is 12.1 Å². The summed E-state index contributed by atoms with van der Waals surface area (Å²) in [6.45, 7) is 9.84. The lowest BCUT2D eigenvalue weighted by Crippen LogP contribution is -2.51. The highest BCUT2D eigenvalue weighted by atomic mass is 16.2. The van der Waals surface area contributed by atoms with Crippen LogP contribution in [-0.4, -0.2) is 65.0 Å². The Hall–Kier alpha value is -2.24. The van der Waals surface area contributed by atoms with Crippen LogP contribution in [-0.2, 0) is 6.54 Å². The van der Waals surface area contributed by atoms with Gasteiger partial charge in [-0.1, -0.05) is 36.8 Å². The van der Waals surface area contributed by atoms with Crippen molar-refractivity contribution in [2.75, 3.05) is 26.2 Å². The number of likely N-dealkylation sites (tertiary alicyclic amines) is 1. The Morgan fingerprint density at radius 2 is 1.96 bits per heavy atom. The number of carbonyl (C=O) groups is 2. The minimum atomic E-state index is 0.0247. The van der Waals surface area contributed by atoms with E-state index in [4.69, 9.17) is 0 Å². The molecule has 0 bridgehead atoms. The predicted octanol–water partition coefficient (Wildman–Crippen LogP) is 3.21. The van der Waals surface area contributed by atoms with Gasteiger partial charge in [-0.2, -0.15) is 0 Å². The Morgan fingerprint density at radius 1 is 1.22 bits per heavy atom. The maximum absolute atomic E-state index is 12.9. The molecule has 2 aliphatic rings. The van der Waals surface area contributed by atoms with Crippen molar-refractivity contribution in [1.29, 1.82) is 0 Å². The van der Waals surface area contributed by atoms with Crippen molar-refractivity contribution in [2.24, 2.45) is 0 Å². The first-order chi connectivity index (χ1) is 13.0. The molecule has 1 aromatic carbocycles. The molecule has 2 heterocycles. The fourth-order valence-corrected chi connectivity index (χ4v) is 3.90. The van der Waals surface area contributed by atoms with Crippen LogP contribution in [0.1, 0.15) is 44.2 Å². The van der Waals surface area contributed by atoms with Crippen LogP contribution < -0.4 is 5.32 Å². The Morgan fingerprint density at radius 3 is 2.63 bits per heavy atom. The number of carbonyl (C=O) groups excluding carboxylic acids is 2. The van der Waals surface area contributed by atoms with Crippen molar-refractivity contribution < 1.29 is 9.59 Å².